The predicted octanol–water partition coefficient (Wildman–Crippen LogP) is 7.37. The lowest BCUT2D eigenvalue weighted by molar-refractivity contribution is -0.124. The molecule has 0 aliphatic carbocycles. The third kappa shape index (κ3) is 5.99. The van der Waals surface area contributed by atoms with E-state index >= 15 is 0 Å². The molecule has 1 heterocycles. The van der Waals surface area contributed by atoms with Crippen molar-refractivity contribution in [3.8, 4) is 0 Å². The Labute approximate surface area is 240 Å². The van der Waals surface area contributed by atoms with E-state index < -0.39 is 40.8 Å². The van der Waals surface area contributed by atoms with Crippen LogP contribution in [0.1, 0.15) is 64.3 Å². The van der Waals surface area contributed by atoms with Gasteiger partial charge in [0.05, 0.1) is 11.7 Å². The number of rotatable bonds is 5. The van der Waals surface area contributed by atoms with E-state index in [1.54, 1.807) is 84.0 Å². The van der Waals surface area contributed by atoms with Gasteiger partial charge in [0.25, 0.3) is 0 Å². The van der Waals surface area contributed by atoms with Gasteiger partial charge in [0.1, 0.15) is 16.6 Å². The van der Waals surface area contributed by atoms with Crippen LogP contribution in [0.25, 0.3) is 0 Å². The van der Waals surface area contributed by atoms with Gasteiger partial charge in [-0.05, 0) is 76.8 Å². The lowest BCUT2D eigenvalue weighted by Gasteiger charge is -2.38. The van der Waals surface area contributed by atoms with E-state index in [0.717, 1.165) is 10.5 Å². The third-order valence-electron chi connectivity index (χ3n) is 6.48. The van der Waals surface area contributed by atoms with Crippen molar-refractivity contribution < 1.29 is 23.9 Å². The van der Waals surface area contributed by atoms with Gasteiger partial charge in [-0.1, -0.05) is 78.3 Å². The summed E-state index contributed by atoms with van der Waals surface area (Å²) in [6, 6.07) is 22.6. The van der Waals surface area contributed by atoms with Gasteiger partial charge in [-0.15, -0.1) is 0 Å². The maximum absolute atomic E-state index is 14.8. The fourth-order valence-electron chi connectivity index (χ4n) is 5.03. The van der Waals surface area contributed by atoms with E-state index in [1.165, 1.54) is 0 Å². The first-order valence-electron chi connectivity index (χ1n) is 13.2. The zero-order valence-electron chi connectivity index (χ0n) is 23.7. The van der Waals surface area contributed by atoms with E-state index in [1.807, 2.05) is 36.4 Å². The number of nitrogens with zero attached hydrogens (tertiary/aromatic N) is 1. The van der Waals surface area contributed by atoms with Gasteiger partial charge in [0.15, 0.2) is 0 Å². The summed E-state index contributed by atoms with van der Waals surface area (Å²) in [4.78, 5) is 42.8. The SMILES string of the molecule is CC(C)(C)OC(=O)N[C@H](c1ccccc1Cl)C1(Cc2ccccc2)C(=O)N(C(=O)OC(C)(C)C)c2ccccc21. The Bertz CT molecular complexity index is 1410. The number of nitrogens with one attached hydrogen (secondary N) is 1. The first kappa shape index (κ1) is 29.2. The molecule has 40 heavy (non-hydrogen) atoms. The monoisotopic (exact) mass is 562 g/mol. The highest BCUT2D eigenvalue weighted by molar-refractivity contribution is 6.31. The number of alkyl carbamates (subject to hydrolysis) is 1. The fraction of sp³-hybridized carbons (Fsp3) is 0.344. The summed E-state index contributed by atoms with van der Waals surface area (Å²) < 4.78 is 11.3. The molecule has 3 aromatic rings. The number of hydrogen-bond donors (Lipinski definition) is 1. The van der Waals surface area contributed by atoms with Crippen LogP contribution in [0.2, 0.25) is 5.02 Å². The molecule has 8 heteroatoms. The number of carbonyl (C=O) groups is 3. The van der Waals surface area contributed by atoms with Crippen LogP contribution in [0.4, 0.5) is 15.3 Å². The zero-order chi connectivity index (χ0) is 29.3. The number of hydrogen-bond acceptors (Lipinski definition) is 5. The van der Waals surface area contributed by atoms with Crippen LogP contribution in [0.15, 0.2) is 78.9 Å². The van der Waals surface area contributed by atoms with Gasteiger partial charge >= 0.3 is 12.2 Å². The number of amides is 3. The number of halogens is 1. The van der Waals surface area contributed by atoms with E-state index in [2.05, 4.69) is 5.32 Å². The number of para-hydroxylation sites is 1. The summed E-state index contributed by atoms with van der Waals surface area (Å²) in [5, 5.41) is 3.33. The topological polar surface area (TPSA) is 84.9 Å². The second kappa shape index (κ2) is 11.0. The summed E-state index contributed by atoms with van der Waals surface area (Å²) in [5.74, 6) is -0.534. The van der Waals surface area contributed by atoms with Gasteiger partial charge in [0.2, 0.25) is 5.91 Å². The number of anilines is 1. The van der Waals surface area contributed by atoms with Crippen LogP contribution >= 0.6 is 11.6 Å². The molecular weight excluding hydrogens is 528 g/mol. The Morgan fingerprint density at radius 3 is 2.05 bits per heavy atom. The van der Waals surface area contributed by atoms with Crippen molar-refractivity contribution in [2.45, 2.75) is 70.6 Å². The summed E-state index contributed by atoms with van der Waals surface area (Å²) in [7, 11) is 0. The maximum Gasteiger partial charge on any atom is 0.421 e. The minimum absolute atomic E-state index is 0.161. The molecule has 0 spiro atoms. The Hall–Kier alpha value is -3.84. The van der Waals surface area contributed by atoms with E-state index in [-0.39, 0.29) is 6.42 Å². The molecular formula is C32H35ClN2O5. The third-order valence-corrected chi connectivity index (χ3v) is 6.83. The molecule has 2 atom stereocenters. The standard InChI is InChI=1S/C32H35ClN2O5/c1-30(2,3)39-28(37)34-26(22-16-10-12-18-24(22)33)32(20-21-14-8-7-9-15-21)23-17-11-13-19-25(23)35(27(32)36)29(38)40-31(4,5)6/h7-19,26H,20H2,1-6H3,(H,34,37)/t26-,32?/m1/s1. The quantitative estimate of drug-likeness (QED) is 0.351. The van der Waals surface area contributed by atoms with Crippen molar-refractivity contribution in [2.24, 2.45) is 0 Å². The molecule has 0 bridgehead atoms. The Morgan fingerprint density at radius 1 is 0.850 bits per heavy atom. The van der Waals surface area contributed by atoms with Gasteiger partial charge < -0.3 is 14.8 Å². The molecule has 0 radical (unpaired) electrons. The van der Waals surface area contributed by atoms with Crippen LogP contribution < -0.4 is 10.2 Å². The summed E-state index contributed by atoms with van der Waals surface area (Å²) in [6.45, 7) is 10.5. The number of imide groups is 1. The molecule has 1 unspecified atom stereocenters. The van der Waals surface area contributed by atoms with Crippen molar-refractivity contribution in [1.82, 2.24) is 5.32 Å². The second-order valence-electron chi connectivity index (χ2n) is 11.9. The van der Waals surface area contributed by atoms with Crippen LogP contribution in [0, 0.1) is 0 Å². The minimum atomic E-state index is -1.48. The van der Waals surface area contributed by atoms with E-state index in [4.69, 9.17) is 21.1 Å². The molecule has 1 N–H and O–H groups in total. The van der Waals surface area contributed by atoms with Crippen LogP contribution in [-0.2, 0) is 26.1 Å². The molecule has 1 aliphatic heterocycles. The van der Waals surface area contributed by atoms with E-state index in [9.17, 15) is 14.4 Å². The van der Waals surface area contributed by atoms with Gasteiger partial charge in [-0.3, -0.25) is 4.79 Å². The molecule has 0 saturated heterocycles. The van der Waals surface area contributed by atoms with Crippen molar-refractivity contribution in [3.05, 3.63) is 101 Å². The van der Waals surface area contributed by atoms with Gasteiger partial charge in [-0.2, -0.15) is 0 Å². The Morgan fingerprint density at radius 2 is 1.43 bits per heavy atom. The van der Waals surface area contributed by atoms with Crippen molar-refractivity contribution >= 4 is 35.4 Å². The molecule has 3 amide bonds. The van der Waals surface area contributed by atoms with Crippen molar-refractivity contribution in [3.63, 3.8) is 0 Å². The van der Waals surface area contributed by atoms with Crippen LogP contribution in [0.3, 0.4) is 0 Å². The summed E-state index contributed by atoms with van der Waals surface area (Å²) in [5.41, 5.74) is -0.803. The highest BCUT2D eigenvalue weighted by atomic mass is 35.5. The molecule has 0 fully saturated rings. The number of fused-ring (bicyclic) bond motifs is 1. The summed E-state index contributed by atoms with van der Waals surface area (Å²) >= 11 is 6.73. The lowest BCUT2D eigenvalue weighted by Crippen LogP contribution is -2.54. The number of ether oxygens (including phenoxy) is 2. The predicted molar refractivity (Wildman–Crippen MR) is 156 cm³/mol. The van der Waals surface area contributed by atoms with Gasteiger partial charge in [-0.25, -0.2) is 14.5 Å². The normalized spacial score (nSPS) is 17.7. The zero-order valence-corrected chi connectivity index (χ0v) is 24.4. The average molecular weight is 563 g/mol. The fourth-order valence-corrected chi connectivity index (χ4v) is 5.27. The second-order valence-corrected chi connectivity index (χ2v) is 12.3. The first-order chi connectivity index (χ1) is 18.7. The summed E-state index contributed by atoms with van der Waals surface area (Å²) in [6.07, 6.45) is -1.35. The molecule has 1 aliphatic rings. The molecule has 0 aromatic heterocycles. The Kier molecular flexibility index (Phi) is 7.99. The average Bonchev–Trinajstić information content (AvgIpc) is 3.10. The maximum atomic E-state index is 14.8. The van der Waals surface area contributed by atoms with Gasteiger partial charge in [0, 0.05) is 5.02 Å². The number of benzene rings is 3. The van der Waals surface area contributed by atoms with E-state index in [0.29, 0.717) is 21.8 Å². The lowest BCUT2D eigenvalue weighted by atomic mass is 9.68. The Balaban J connectivity index is 1.99. The highest BCUT2D eigenvalue weighted by Crippen LogP contribution is 2.52. The molecule has 210 valence electrons. The first-order valence-corrected chi connectivity index (χ1v) is 13.6. The van der Waals surface area contributed by atoms with Crippen LogP contribution in [-0.4, -0.2) is 29.3 Å². The molecule has 4 rings (SSSR count). The van der Waals surface area contributed by atoms with Crippen molar-refractivity contribution in [1.29, 1.82) is 0 Å². The largest absolute Gasteiger partial charge is 0.444 e. The molecule has 7 nitrogen and oxygen atoms in total. The molecule has 3 aromatic carbocycles. The smallest absolute Gasteiger partial charge is 0.421 e. The van der Waals surface area contributed by atoms with Crippen LogP contribution in [0.5, 0.6) is 0 Å². The van der Waals surface area contributed by atoms with Crippen molar-refractivity contribution in [2.75, 3.05) is 4.90 Å². The highest BCUT2D eigenvalue weighted by Gasteiger charge is 2.59. The minimum Gasteiger partial charge on any atom is -0.444 e. The number of carbonyl (C=O) groups excluding carboxylic acids is 3. The molecule has 0 saturated carbocycles.